The van der Waals surface area contributed by atoms with Crippen LogP contribution in [-0.2, 0) is 4.79 Å². The molecule has 0 aliphatic heterocycles. The largest absolute Gasteiger partial charge is 0.394 e. The highest BCUT2D eigenvalue weighted by Crippen LogP contribution is 2.19. The Kier molecular flexibility index (Phi) is 60.6. The molecule has 0 aromatic carbocycles. The van der Waals surface area contributed by atoms with Crippen LogP contribution in [0, 0.1) is 0 Å². The van der Waals surface area contributed by atoms with Gasteiger partial charge in [0.15, 0.2) is 0 Å². The van der Waals surface area contributed by atoms with Crippen LogP contribution in [0.3, 0.4) is 0 Å². The van der Waals surface area contributed by atoms with E-state index >= 15 is 0 Å². The molecular weight excluding hydrogens is 899 g/mol. The molecule has 0 aliphatic rings. The van der Waals surface area contributed by atoms with Crippen LogP contribution in [0.15, 0.2) is 24.3 Å². The fourth-order valence-corrected chi connectivity index (χ4v) is 10.7. The summed E-state index contributed by atoms with van der Waals surface area (Å²) in [6, 6.07) is -1.01. The van der Waals surface area contributed by atoms with E-state index in [1.54, 1.807) is 0 Å². The molecule has 0 fully saturated rings. The molecule has 0 bridgehead atoms. The highest BCUT2D eigenvalue weighted by atomic mass is 16.3. The van der Waals surface area contributed by atoms with E-state index in [0.717, 1.165) is 38.5 Å². The Bertz CT molecular complexity index is 1110. The van der Waals surface area contributed by atoms with Crippen molar-refractivity contribution in [3.8, 4) is 0 Å². The molecular formula is C67H131NO5. The van der Waals surface area contributed by atoms with Gasteiger partial charge in [0.1, 0.15) is 12.2 Å². The van der Waals surface area contributed by atoms with Gasteiger partial charge in [-0.3, -0.25) is 4.79 Å². The summed E-state index contributed by atoms with van der Waals surface area (Å²) in [5, 5.41) is 44.1. The summed E-state index contributed by atoms with van der Waals surface area (Å²) in [6.45, 7) is 4.09. The first-order valence-electron chi connectivity index (χ1n) is 33.2. The lowest BCUT2D eigenvalue weighted by molar-refractivity contribution is -0.132. The van der Waals surface area contributed by atoms with E-state index in [2.05, 4.69) is 43.5 Å². The van der Waals surface area contributed by atoms with Crippen molar-refractivity contribution in [3.05, 3.63) is 24.3 Å². The zero-order valence-electron chi connectivity index (χ0n) is 49.4. The summed E-state index contributed by atoms with van der Waals surface area (Å²) in [5.74, 6) is -0.590. The van der Waals surface area contributed by atoms with Gasteiger partial charge in [0, 0.05) is 0 Å². The number of rotatable bonds is 62. The summed E-state index contributed by atoms with van der Waals surface area (Å²) in [5.41, 5.74) is 0. The molecule has 0 heterocycles. The Morgan fingerprint density at radius 3 is 0.863 bits per heavy atom. The Hall–Kier alpha value is -1.21. The predicted molar refractivity (Wildman–Crippen MR) is 321 cm³/mol. The molecule has 0 saturated heterocycles. The maximum absolute atomic E-state index is 12.6. The van der Waals surface area contributed by atoms with Crippen LogP contribution < -0.4 is 5.32 Å². The zero-order valence-corrected chi connectivity index (χ0v) is 49.4. The number of aliphatic hydroxyl groups is 4. The van der Waals surface area contributed by atoms with Crippen LogP contribution >= 0.6 is 0 Å². The Morgan fingerprint density at radius 1 is 0.329 bits per heavy atom. The van der Waals surface area contributed by atoms with Gasteiger partial charge in [0.05, 0.1) is 18.8 Å². The molecule has 0 aromatic heterocycles. The van der Waals surface area contributed by atoms with Gasteiger partial charge in [-0.2, -0.15) is 0 Å². The monoisotopic (exact) mass is 1030 g/mol. The Balaban J connectivity index is 3.60. The molecule has 6 heteroatoms. The second-order valence-electron chi connectivity index (χ2n) is 23.2. The van der Waals surface area contributed by atoms with E-state index in [-0.39, 0.29) is 0 Å². The minimum Gasteiger partial charge on any atom is -0.394 e. The van der Waals surface area contributed by atoms with Gasteiger partial charge in [-0.05, 0) is 51.4 Å². The maximum Gasteiger partial charge on any atom is 0.249 e. The number of hydrogen-bond donors (Lipinski definition) is 5. The van der Waals surface area contributed by atoms with Gasteiger partial charge in [-0.1, -0.05) is 340 Å². The average molecular weight is 1030 g/mol. The number of carbonyl (C=O) groups excluding carboxylic acids is 1. The highest BCUT2D eigenvalue weighted by molar-refractivity contribution is 5.80. The van der Waals surface area contributed by atoms with Crippen molar-refractivity contribution in [2.45, 2.75) is 391 Å². The third-order valence-corrected chi connectivity index (χ3v) is 15.9. The molecule has 0 saturated carbocycles. The lowest BCUT2D eigenvalue weighted by atomic mass is 10.00. The number of carbonyl (C=O) groups is 1. The second-order valence-corrected chi connectivity index (χ2v) is 23.2. The van der Waals surface area contributed by atoms with Gasteiger partial charge in [-0.25, -0.2) is 0 Å². The topological polar surface area (TPSA) is 110 Å². The lowest BCUT2D eigenvalue weighted by Crippen LogP contribution is -2.53. The fourth-order valence-electron chi connectivity index (χ4n) is 10.7. The molecule has 0 aliphatic carbocycles. The van der Waals surface area contributed by atoms with Crippen molar-refractivity contribution in [1.82, 2.24) is 5.32 Å². The first-order chi connectivity index (χ1) is 36.0. The normalized spacial score (nSPS) is 13.7. The number of allylic oxidation sites excluding steroid dienone is 4. The van der Waals surface area contributed by atoms with Crippen molar-refractivity contribution in [2.75, 3.05) is 6.61 Å². The van der Waals surface area contributed by atoms with Gasteiger partial charge in [0.25, 0.3) is 0 Å². The van der Waals surface area contributed by atoms with E-state index in [9.17, 15) is 25.2 Å². The molecule has 6 nitrogen and oxygen atoms in total. The standard InChI is InChI=1S/C67H131NO5/c1-3-5-7-9-11-13-15-17-19-21-23-25-27-29-31-32-33-34-35-37-38-40-42-44-46-48-50-52-54-56-58-60-64(70)66(72)63(62-69)68-67(73)65(71)61-59-57-55-53-51-49-47-45-43-41-39-36-30-28-26-24-22-20-18-16-14-12-10-8-6-4-2/h44,46,52,54,63-66,69-72H,3-43,45,47-51,53,55-62H2,1-2H3,(H,68,73)/b46-44+,54-52+. The summed E-state index contributed by atoms with van der Waals surface area (Å²) in [6.07, 6.45) is 77.2. The molecule has 0 aromatic rings. The molecule has 4 atom stereocenters. The van der Waals surface area contributed by atoms with Crippen molar-refractivity contribution in [2.24, 2.45) is 0 Å². The van der Waals surface area contributed by atoms with E-state index in [1.807, 2.05) is 0 Å². The number of amides is 1. The molecule has 5 N–H and O–H groups in total. The number of hydrogen-bond acceptors (Lipinski definition) is 5. The molecule has 434 valence electrons. The van der Waals surface area contributed by atoms with Crippen LogP contribution in [-0.4, -0.2) is 57.3 Å². The van der Waals surface area contributed by atoms with Crippen LogP contribution in [0.4, 0.5) is 0 Å². The highest BCUT2D eigenvalue weighted by Gasteiger charge is 2.28. The first kappa shape index (κ1) is 71.8. The molecule has 0 spiro atoms. The first-order valence-corrected chi connectivity index (χ1v) is 33.2. The Morgan fingerprint density at radius 2 is 0.575 bits per heavy atom. The summed E-state index contributed by atoms with van der Waals surface area (Å²) in [4.78, 5) is 12.6. The van der Waals surface area contributed by atoms with E-state index in [0.29, 0.717) is 19.3 Å². The van der Waals surface area contributed by atoms with Crippen LogP contribution in [0.1, 0.15) is 367 Å². The van der Waals surface area contributed by atoms with Gasteiger partial charge in [-0.15, -0.1) is 0 Å². The molecule has 0 rings (SSSR count). The van der Waals surface area contributed by atoms with Gasteiger partial charge >= 0.3 is 0 Å². The molecule has 4 unspecified atom stereocenters. The van der Waals surface area contributed by atoms with Crippen molar-refractivity contribution in [3.63, 3.8) is 0 Å². The SMILES string of the molecule is CCCCCCCCCCCCCCCCCCCCCCCC/C=C/CC/C=C/CCCC(O)C(O)C(CO)NC(=O)C(O)CCCCCCCCCCCCCCCCCCCCCCCCCCCC. The maximum atomic E-state index is 12.6. The molecule has 73 heavy (non-hydrogen) atoms. The van der Waals surface area contributed by atoms with Crippen LogP contribution in [0.2, 0.25) is 0 Å². The minimum atomic E-state index is -1.29. The van der Waals surface area contributed by atoms with Crippen molar-refractivity contribution >= 4 is 5.91 Å². The fraction of sp³-hybridized carbons (Fsp3) is 0.925. The predicted octanol–water partition coefficient (Wildman–Crippen LogP) is 20.2. The summed E-state index contributed by atoms with van der Waals surface area (Å²) >= 11 is 0. The van der Waals surface area contributed by atoms with Crippen LogP contribution in [0.25, 0.3) is 0 Å². The van der Waals surface area contributed by atoms with Gasteiger partial charge < -0.3 is 25.7 Å². The van der Waals surface area contributed by atoms with E-state index in [4.69, 9.17) is 0 Å². The number of nitrogens with one attached hydrogen (secondary N) is 1. The van der Waals surface area contributed by atoms with E-state index in [1.165, 1.54) is 295 Å². The molecule has 0 radical (unpaired) electrons. The third kappa shape index (κ3) is 55.4. The zero-order chi connectivity index (χ0) is 53.0. The van der Waals surface area contributed by atoms with Crippen molar-refractivity contribution < 1.29 is 25.2 Å². The summed E-state index contributed by atoms with van der Waals surface area (Å²) in [7, 11) is 0. The Labute approximate surface area is 456 Å². The number of unbranched alkanes of at least 4 members (excludes halogenated alkanes) is 49. The van der Waals surface area contributed by atoms with Gasteiger partial charge in [0.2, 0.25) is 5.91 Å². The molecule has 1 amide bonds. The average Bonchev–Trinajstić information content (AvgIpc) is 3.40. The minimum absolute atomic E-state index is 0.365. The smallest absolute Gasteiger partial charge is 0.249 e. The third-order valence-electron chi connectivity index (χ3n) is 15.9. The van der Waals surface area contributed by atoms with Crippen LogP contribution in [0.5, 0.6) is 0 Å². The van der Waals surface area contributed by atoms with E-state index < -0.39 is 36.9 Å². The summed E-state index contributed by atoms with van der Waals surface area (Å²) < 4.78 is 0. The van der Waals surface area contributed by atoms with Crippen molar-refractivity contribution in [1.29, 1.82) is 0 Å². The lowest BCUT2D eigenvalue weighted by Gasteiger charge is -2.27. The second kappa shape index (κ2) is 61.6. The number of aliphatic hydroxyl groups excluding tert-OH is 4. The quantitative estimate of drug-likeness (QED) is 0.0308.